The van der Waals surface area contributed by atoms with Crippen LogP contribution in [0.2, 0.25) is 0 Å². The van der Waals surface area contributed by atoms with Crippen LogP contribution >= 0.6 is 0 Å². The van der Waals surface area contributed by atoms with Gasteiger partial charge in [0.15, 0.2) is 0 Å². The van der Waals surface area contributed by atoms with Crippen molar-refractivity contribution in [3.05, 3.63) is 95.3 Å². The molecule has 0 aromatic heterocycles. The van der Waals surface area contributed by atoms with E-state index in [2.05, 4.69) is 10.5 Å². The first-order valence-electron chi connectivity index (χ1n) is 9.20. The van der Waals surface area contributed by atoms with Gasteiger partial charge in [0.25, 0.3) is 5.91 Å². The van der Waals surface area contributed by atoms with Crippen molar-refractivity contribution in [1.82, 2.24) is 5.43 Å². The third-order valence-corrected chi connectivity index (χ3v) is 3.99. The summed E-state index contributed by atoms with van der Waals surface area (Å²) in [5.74, 6) is -0.716. The van der Waals surface area contributed by atoms with Gasteiger partial charge in [-0.25, -0.2) is 14.6 Å². The van der Waals surface area contributed by atoms with Crippen molar-refractivity contribution in [2.24, 2.45) is 5.10 Å². The van der Waals surface area contributed by atoms with Gasteiger partial charge in [0.2, 0.25) is 0 Å². The number of rotatable bonds is 7. The number of amides is 1. The first kappa shape index (κ1) is 20.7. The minimum absolute atomic E-state index is 0.0915. The van der Waals surface area contributed by atoms with E-state index >= 15 is 0 Å². The lowest BCUT2D eigenvalue weighted by Crippen LogP contribution is -2.18. The third-order valence-electron chi connectivity index (χ3n) is 3.99. The van der Waals surface area contributed by atoms with Gasteiger partial charge in [0.05, 0.1) is 23.9 Å². The van der Waals surface area contributed by atoms with E-state index in [1.54, 1.807) is 54.6 Å². The Hall–Kier alpha value is -4.00. The Morgan fingerprint density at radius 2 is 1.63 bits per heavy atom. The Bertz CT molecular complexity index is 1050. The Balaban J connectivity index is 1.55. The smallest absolute Gasteiger partial charge is 0.343 e. The van der Waals surface area contributed by atoms with Gasteiger partial charge in [-0.2, -0.15) is 5.10 Å². The van der Waals surface area contributed by atoms with Crippen molar-refractivity contribution in [3.63, 3.8) is 0 Å². The maximum absolute atomic E-state index is 13.6. The minimum Gasteiger partial charge on any atom is -0.494 e. The summed E-state index contributed by atoms with van der Waals surface area (Å²) in [6, 6.07) is 18.8. The van der Waals surface area contributed by atoms with Gasteiger partial charge in [-0.05, 0) is 73.2 Å². The fraction of sp³-hybridized carbons (Fsp3) is 0.0870. The van der Waals surface area contributed by atoms with Gasteiger partial charge in [0.1, 0.15) is 17.3 Å². The second-order valence-corrected chi connectivity index (χ2v) is 6.09. The molecule has 3 aromatic carbocycles. The van der Waals surface area contributed by atoms with Gasteiger partial charge in [-0.3, -0.25) is 4.79 Å². The number of benzene rings is 3. The molecular formula is C23H19FN2O4. The normalized spacial score (nSPS) is 10.6. The summed E-state index contributed by atoms with van der Waals surface area (Å²) in [5, 5.41) is 3.81. The molecule has 0 bridgehead atoms. The van der Waals surface area contributed by atoms with Crippen LogP contribution in [0.25, 0.3) is 0 Å². The highest BCUT2D eigenvalue weighted by atomic mass is 19.1. The second kappa shape index (κ2) is 9.97. The maximum atomic E-state index is 13.6. The van der Waals surface area contributed by atoms with Crippen LogP contribution in [0.5, 0.6) is 11.5 Å². The average Bonchev–Trinajstić information content (AvgIpc) is 2.76. The molecule has 3 rings (SSSR count). The van der Waals surface area contributed by atoms with Crippen molar-refractivity contribution >= 4 is 18.1 Å². The molecule has 6 nitrogen and oxygen atoms in total. The zero-order chi connectivity index (χ0) is 21.3. The summed E-state index contributed by atoms with van der Waals surface area (Å²) < 4.78 is 24.2. The van der Waals surface area contributed by atoms with Crippen molar-refractivity contribution < 1.29 is 23.5 Å². The predicted molar refractivity (Wildman–Crippen MR) is 110 cm³/mol. The first-order valence-corrected chi connectivity index (χ1v) is 9.20. The van der Waals surface area contributed by atoms with E-state index in [-0.39, 0.29) is 5.56 Å². The van der Waals surface area contributed by atoms with Crippen LogP contribution in [-0.2, 0) is 0 Å². The van der Waals surface area contributed by atoms with Crippen LogP contribution in [0.15, 0.2) is 77.9 Å². The van der Waals surface area contributed by atoms with E-state index in [9.17, 15) is 14.0 Å². The number of hydrazone groups is 1. The Labute approximate surface area is 173 Å². The van der Waals surface area contributed by atoms with E-state index in [4.69, 9.17) is 9.47 Å². The molecule has 0 radical (unpaired) electrons. The van der Waals surface area contributed by atoms with Crippen LogP contribution in [0.3, 0.4) is 0 Å². The minimum atomic E-state index is -0.648. The van der Waals surface area contributed by atoms with Gasteiger partial charge in [0, 0.05) is 0 Å². The quantitative estimate of drug-likeness (QED) is 0.276. The lowest BCUT2D eigenvalue weighted by molar-refractivity contribution is 0.0734. The fourth-order valence-electron chi connectivity index (χ4n) is 2.51. The molecular weight excluding hydrogens is 387 g/mol. The molecule has 152 valence electrons. The summed E-state index contributed by atoms with van der Waals surface area (Å²) in [6.45, 7) is 2.43. The van der Waals surface area contributed by atoms with Crippen LogP contribution in [0.4, 0.5) is 4.39 Å². The zero-order valence-corrected chi connectivity index (χ0v) is 16.2. The Morgan fingerprint density at radius 1 is 0.967 bits per heavy atom. The highest BCUT2D eigenvalue weighted by Gasteiger charge is 2.10. The molecule has 0 heterocycles. The number of hydrogen-bond acceptors (Lipinski definition) is 5. The van der Waals surface area contributed by atoms with Crippen LogP contribution in [0, 0.1) is 5.82 Å². The molecule has 1 N–H and O–H groups in total. The summed E-state index contributed by atoms with van der Waals surface area (Å²) in [6.07, 6.45) is 1.40. The van der Waals surface area contributed by atoms with E-state index in [0.717, 1.165) is 0 Å². The maximum Gasteiger partial charge on any atom is 0.343 e. The first-order chi connectivity index (χ1) is 14.6. The second-order valence-electron chi connectivity index (χ2n) is 6.09. The predicted octanol–water partition coefficient (Wildman–Crippen LogP) is 4.21. The highest BCUT2D eigenvalue weighted by molar-refractivity contribution is 5.95. The number of carbonyl (C=O) groups is 2. The lowest BCUT2D eigenvalue weighted by Gasteiger charge is -2.06. The number of hydrogen-bond donors (Lipinski definition) is 1. The summed E-state index contributed by atoms with van der Waals surface area (Å²) in [4.78, 5) is 24.1. The number of nitrogens with one attached hydrogen (secondary N) is 1. The molecule has 0 spiro atoms. The fourth-order valence-corrected chi connectivity index (χ4v) is 2.51. The molecule has 0 atom stereocenters. The zero-order valence-electron chi connectivity index (χ0n) is 16.2. The Morgan fingerprint density at radius 3 is 2.30 bits per heavy atom. The molecule has 3 aromatic rings. The molecule has 0 fully saturated rings. The number of esters is 1. The molecule has 0 saturated heterocycles. The van der Waals surface area contributed by atoms with Crippen molar-refractivity contribution in [2.45, 2.75) is 6.92 Å². The number of carbonyl (C=O) groups excluding carboxylic acids is 2. The summed E-state index contributed by atoms with van der Waals surface area (Å²) >= 11 is 0. The van der Waals surface area contributed by atoms with Crippen LogP contribution in [0.1, 0.15) is 33.2 Å². The van der Waals surface area contributed by atoms with Gasteiger partial charge < -0.3 is 9.47 Å². The SMILES string of the molecule is CCOc1ccc(C(=O)Oc2ccc(/C=N/NC(=O)c3ccccc3F)cc2)cc1. The molecule has 0 aliphatic carbocycles. The molecule has 0 aliphatic rings. The van der Waals surface area contributed by atoms with Crippen LogP contribution in [-0.4, -0.2) is 24.7 Å². The number of ether oxygens (including phenoxy) is 2. The van der Waals surface area contributed by atoms with Gasteiger partial charge in [-0.1, -0.05) is 12.1 Å². The average molecular weight is 406 g/mol. The standard InChI is InChI=1S/C23H19FN2O4/c1-2-29-18-13-9-17(10-14-18)23(28)30-19-11-7-16(8-12-19)15-25-26-22(27)20-5-3-4-6-21(20)24/h3-15H,2H2,1H3,(H,26,27)/b25-15+. The third kappa shape index (κ3) is 5.51. The highest BCUT2D eigenvalue weighted by Crippen LogP contribution is 2.16. The molecule has 30 heavy (non-hydrogen) atoms. The molecule has 7 heteroatoms. The van der Waals surface area contributed by atoms with Gasteiger partial charge >= 0.3 is 5.97 Å². The monoisotopic (exact) mass is 406 g/mol. The van der Waals surface area contributed by atoms with E-state index in [1.807, 2.05) is 6.92 Å². The Kier molecular flexibility index (Phi) is 6.89. The van der Waals surface area contributed by atoms with Gasteiger partial charge in [-0.15, -0.1) is 0 Å². The number of halogens is 1. The summed E-state index contributed by atoms with van der Waals surface area (Å²) in [5.41, 5.74) is 3.23. The summed E-state index contributed by atoms with van der Waals surface area (Å²) in [7, 11) is 0. The van der Waals surface area contributed by atoms with Crippen molar-refractivity contribution in [1.29, 1.82) is 0 Å². The van der Waals surface area contributed by atoms with E-state index in [0.29, 0.717) is 29.2 Å². The molecule has 1 amide bonds. The number of nitrogens with zero attached hydrogens (tertiary/aromatic N) is 1. The molecule has 0 saturated carbocycles. The topological polar surface area (TPSA) is 77.0 Å². The molecule has 0 unspecified atom stereocenters. The van der Waals surface area contributed by atoms with Crippen molar-refractivity contribution in [2.75, 3.05) is 6.61 Å². The molecule has 0 aliphatic heterocycles. The van der Waals surface area contributed by atoms with Crippen molar-refractivity contribution in [3.8, 4) is 11.5 Å². The van der Waals surface area contributed by atoms with E-state index < -0.39 is 17.7 Å². The largest absolute Gasteiger partial charge is 0.494 e. The lowest BCUT2D eigenvalue weighted by atomic mass is 10.2. The van der Waals surface area contributed by atoms with Crippen LogP contribution < -0.4 is 14.9 Å². The van der Waals surface area contributed by atoms with E-state index in [1.165, 1.54) is 24.4 Å².